The molecule has 2 N–H and O–H groups in total. The van der Waals surface area contributed by atoms with Gasteiger partial charge in [0.25, 0.3) is 5.91 Å². The summed E-state index contributed by atoms with van der Waals surface area (Å²) < 4.78 is 5.30. The molecule has 152 valence electrons. The Labute approximate surface area is 165 Å². The summed E-state index contributed by atoms with van der Waals surface area (Å²) in [6.07, 6.45) is 2.68. The second-order valence-corrected chi connectivity index (χ2v) is 8.60. The van der Waals surface area contributed by atoms with Crippen molar-refractivity contribution in [1.29, 1.82) is 0 Å². The van der Waals surface area contributed by atoms with E-state index < -0.39 is 17.2 Å². The number of ether oxygens (including phenoxy) is 1. The molecule has 7 nitrogen and oxygen atoms in total. The molecular weight excluding hydrogens is 358 g/mol. The SMILES string of the molecule is CC(C)(C)OC(=O)NC[C@H]1CCCC[C@@]12NC(=O)N(Cc1ccccc1)C2=O. The summed E-state index contributed by atoms with van der Waals surface area (Å²) in [5.74, 6) is -0.358. The Morgan fingerprint density at radius 2 is 1.96 bits per heavy atom. The van der Waals surface area contributed by atoms with Crippen LogP contribution >= 0.6 is 0 Å². The molecule has 1 aliphatic heterocycles. The van der Waals surface area contributed by atoms with Crippen LogP contribution in [-0.2, 0) is 16.1 Å². The van der Waals surface area contributed by atoms with E-state index in [-0.39, 0.29) is 24.4 Å². The van der Waals surface area contributed by atoms with E-state index in [9.17, 15) is 14.4 Å². The van der Waals surface area contributed by atoms with Crippen LogP contribution in [0.25, 0.3) is 0 Å². The predicted molar refractivity (Wildman–Crippen MR) is 104 cm³/mol. The smallest absolute Gasteiger partial charge is 0.407 e. The minimum absolute atomic E-state index is 0.161. The molecule has 2 aliphatic rings. The highest BCUT2D eigenvalue weighted by Crippen LogP contribution is 2.38. The second kappa shape index (κ2) is 7.81. The van der Waals surface area contributed by atoms with Gasteiger partial charge in [-0.25, -0.2) is 9.59 Å². The average molecular weight is 387 g/mol. The van der Waals surface area contributed by atoms with Crippen molar-refractivity contribution in [3.05, 3.63) is 35.9 Å². The number of carbonyl (C=O) groups excluding carboxylic acids is 3. The number of rotatable bonds is 4. The predicted octanol–water partition coefficient (Wildman–Crippen LogP) is 3.19. The molecule has 7 heteroatoms. The van der Waals surface area contributed by atoms with Gasteiger partial charge in [0.15, 0.2) is 0 Å². The third-order valence-corrected chi connectivity index (χ3v) is 5.35. The average Bonchev–Trinajstić information content (AvgIpc) is 2.85. The van der Waals surface area contributed by atoms with Gasteiger partial charge in [0.2, 0.25) is 0 Å². The van der Waals surface area contributed by atoms with Crippen molar-refractivity contribution in [2.24, 2.45) is 5.92 Å². The van der Waals surface area contributed by atoms with Crippen molar-refractivity contribution >= 4 is 18.0 Å². The molecule has 1 saturated carbocycles. The fourth-order valence-corrected chi connectivity index (χ4v) is 4.04. The summed E-state index contributed by atoms with van der Waals surface area (Å²) in [4.78, 5) is 39.2. The third-order valence-electron chi connectivity index (χ3n) is 5.35. The van der Waals surface area contributed by atoms with E-state index in [1.165, 1.54) is 4.90 Å². The highest BCUT2D eigenvalue weighted by molar-refractivity contribution is 6.07. The molecule has 28 heavy (non-hydrogen) atoms. The monoisotopic (exact) mass is 387 g/mol. The number of nitrogens with one attached hydrogen (secondary N) is 2. The maximum atomic E-state index is 13.3. The van der Waals surface area contributed by atoms with E-state index in [4.69, 9.17) is 4.74 Å². The van der Waals surface area contributed by atoms with Crippen molar-refractivity contribution in [3.8, 4) is 0 Å². The number of hydrogen-bond acceptors (Lipinski definition) is 4. The molecule has 2 fully saturated rings. The van der Waals surface area contributed by atoms with E-state index in [1.54, 1.807) is 20.8 Å². The molecule has 1 heterocycles. The Balaban J connectivity index is 1.71. The van der Waals surface area contributed by atoms with Crippen molar-refractivity contribution in [1.82, 2.24) is 15.5 Å². The molecule has 0 unspecified atom stereocenters. The van der Waals surface area contributed by atoms with Crippen LogP contribution in [0.3, 0.4) is 0 Å². The number of urea groups is 1. The van der Waals surface area contributed by atoms with Crippen LogP contribution in [-0.4, -0.2) is 40.6 Å². The number of imide groups is 1. The number of alkyl carbamates (subject to hydrolysis) is 1. The van der Waals surface area contributed by atoms with E-state index >= 15 is 0 Å². The van der Waals surface area contributed by atoms with Crippen LogP contribution in [0.5, 0.6) is 0 Å². The van der Waals surface area contributed by atoms with Gasteiger partial charge in [-0.3, -0.25) is 9.69 Å². The highest BCUT2D eigenvalue weighted by atomic mass is 16.6. The summed E-state index contributed by atoms with van der Waals surface area (Å²) in [6.45, 7) is 5.95. The minimum atomic E-state index is -0.945. The summed E-state index contributed by atoms with van der Waals surface area (Å²) in [6, 6.07) is 9.10. The Morgan fingerprint density at radius 3 is 2.64 bits per heavy atom. The zero-order valence-corrected chi connectivity index (χ0v) is 16.8. The number of benzene rings is 1. The van der Waals surface area contributed by atoms with E-state index in [0.717, 1.165) is 24.8 Å². The summed E-state index contributed by atoms with van der Waals surface area (Å²) in [5, 5.41) is 5.73. The van der Waals surface area contributed by atoms with Gasteiger partial charge in [0, 0.05) is 12.5 Å². The highest BCUT2D eigenvalue weighted by Gasteiger charge is 2.56. The summed E-state index contributed by atoms with van der Waals surface area (Å²) in [7, 11) is 0. The van der Waals surface area contributed by atoms with Crippen LogP contribution < -0.4 is 10.6 Å². The molecule has 4 amide bonds. The Kier molecular flexibility index (Phi) is 5.63. The molecule has 1 saturated heterocycles. The second-order valence-electron chi connectivity index (χ2n) is 8.60. The van der Waals surface area contributed by atoms with Gasteiger partial charge in [-0.05, 0) is 39.2 Å². The Hall–Kier alpha value is -2.57. The normalized spacial score (nSPS) is 25.0. The van der Waals surface area contributed by atoms with Gasteiger partial charge >= 0.3 is 12.1 Å². The van der Waals surface area contributed by atoms with E-state index in [1.807, 2.05) is 30.3 Å². The third kappa shape index (κ3) is 4.29. The molecule has 0 radical (unpaired) electrons. The summed E-state index contributed by atoms with van der Waals surface area (Å²) in [5.41, 5.74) is -0.626. The first-order valence-electron chi connectivity index (χ1n) is 9.86. The van der Waals surface area contributed by atoms with Crippen molar-refractivity contribution < 1.29 is 19.1 Å². The van der Waals surface area contributed by atoms with Gasteiger partial charge in [-0.15, -0.1) is 0 Å². The zero-order valence-electron chi connectivity index (χ0n) is 16.8. The van der Waals surface area contributed by atoms with Crippen LogP contribution in [0, 0.1) is 5.92 Å². The molecular formula is C21H29N3O4. The van der Waals surface area contributed by atoms with Crippen molar-refractivity contribution in [2.75, 3.05) is 6.54 Å². The maximum Gasteiger partial charge on any atom is 0.407 e. The van der Waals surface area contributed by atoms with Gasteiger partial charge in [-0.2, -0.15) is 0 Å². The first-order chi connectivity index (χ1) is 13.2. The standard InChI is InChI=1S/C21H29N3O4/c1-20(2,3)28-19(27)22-13-16-11-7-8-12-21(16)17(25)24(18(26)23-21)14-15-9-5-4-6-10-15/h4-6,9-10,16H,7-8,11-14H2,1-3H3,(H,22,27)(H,23,26)/t16-,21-/m1/s1. The van der Waals surface area contributed by atoms with Gasteiger partial charge in [-0.1, -0.05) is 43.2 Å². The number of amides is 4. The lowest BCUT2D eigenvalue weighted by Gasteiger charge is -2.39. The largest absolute Gasteiger partial charge is 0.444 e. The first kappa shape index (κ1) is 20.2. The quantitative estimate of drug-likeness (QED) is 0.777. The lowest BCUT2D eigenvalue weighted by Crippen LogP contribution is -2.57. The molecule has 1 aromatic rings. The van der Waals surface area contributed by atoms with Crippen LogP contribution in [0.2, 0.25) is 0 Å². The molecule has 1 aromatic carbocycles. The van der Waals surface area contributed by atoms with Gasteiger partial charge in [0.1, 0.15) is 11.1 Å². The Bertz CT molecular complexity index is 744. The molecule has 0 bridgehead atoms. The van der Waals surface area contributed by atoms with E-state index in [0.29, 0.717) is 13.0 Å². The lowest BCUT2D eigenvalue weighted by molar-refractivity contribution is -0.134. The van der Waals surface area contributed by atoms with Gasteiger partial charge < -0.3 is 15.4 Å². The molecule has 1 aliphatic carbocycles. The van der Waals surface area contributed by atoms with Crippen molar-refractivity contribution in [3.63, 3.8) is 0 Å². The first-order valence-corrected chi connectivity index (χ1v) is 9.86. The molecule has 2 atom stereocenters. The summed E-state index contributed by atoms with van der Waals surface area (Å²) >= 11 is 0. The fourth-order valence-electron chi connectivity index (χ4n) is 4.04. The van der Waals surface area contributed by atoms with Crippen LogP contribution in [0.15, 0.2) is 30.3 Å². The van der Waals surface area contributed by atoms with Crippen molar-refractivity contribution in [2.45, 2.75) is 64.1 Å². The Morgan fingerprint density at radius 1 is 1.25 bits per heavy atom. The van der Waals surface area contributed by atoms with Crippen LogP contribution in [0.4, 0.5) is 9.59 Å². The molecule has 3 rings (SSSR count). The van der Waals surface area contributed by atoms with Crippen LogP contribution in [0.1, 0.15) is 52.0 Å². The topological polar surface area (TPSA) is 87.7 Å². The molecule has 0 aromatic heterocycles. The zero-order chi connectivity index (χ0) is 20.4. The van der Waals surface area contributed by atoms with E-state index in [2.05, 4.69) is 10.6 Å². The minimum Gasteiger partial charge on any atom is -0.444 e. The maximum absolute atomic E-state index is 13.3. The number of hydrogen-bond donors (Lipinski definition) is 2. The van der Waals surface area contributed by atoms with Gasteiger partial charge in [0.05, 0.1) is 6.54 Å². The number of nitrogens with zero attached hydrogens (tertiary/aromatic N) is 1. The molecule has 1 spiro atoms. The lowest BCUT2D eigenvalue weighted by atomic mass is 9.72. The fraction of sp³-hybridized carbons (Fsp3) is 0.571. The number of carbonyl (C=O) groups is 3.